The van der Waals surface area contributed by atoms with Crippen LogP contribution < -0.4 is 4.74 Å². The molecule has 1 aromatic carbocycles. The molecule has 2 aromatic rings. The number of amides is 1. The summed E-state index contributed by atoms with van der Waals surface area (Å²) in [4.78, 5) is 31.5. The summed E-state index contributed by atoms with van der Waals surface area (Å²) in [5, 5.41) is 10.8. The topological polar surface area (TPSA) is 111 Å². The first-order valence-electron chi connectivity index (χ1n) is 9.46. The van der Waals surface area contributed by atoms with Crippen LogP contribution in [0.25, 0.3) is 11.0 Å². The average molecular weight is 390 g/mol. The Morgan fingerprint density at radius 2 is 2.07 bits per heavy atom. The molecular formula is C19H26N4O5. The number of hydrogen-bond acceptors (Lipinski definition) is 6. The molecule has 0 atom stereocenters. The fourth-order valence-electron chi connectivity index (χ4n) is 3.21. The predicted molar refractivity (Wildman–Crippen MR) is 103 cm³/mol. The van der Waals surface area contributed by atoms with Gasteiger partial charge >= 0.3 is 6.09 Å². The minimum absolute atomic E-state index is 0.0134. The van der Waals surface area contributed by atoms with Crippen LogP contribution in [0.2, 0.25) is 0 Å². The number of carbonyl (C=O) groups excluding carboxylic acids is 1. The molecule has 0 saturated carbocycles. The first kappa shape index (κ1) is 19.9. The largest absolute Gasteiger partial charge is 0.465 e. The summed E-state index contributed by atoms with van der Waals surface area (Å²) in [5.41, 5.74) is 0.745. The fraction of sp³-hybridized carbons (Fsp3) is 0.579. The van der Waals surface area contributed by atoms with E-state index in [4.69, 9.17) is 9.47 Å². The van der Waals surface area contributed by atoms with Crippen LogP contribution in [-0.4, -0.2) is 51.2 Å². The van der Waals surface area contributed by atoms with E-state index in [2.05, 4.69) is 9.97 Å². The van der Waals surface area contributed by atoms with Crippen LogP contribution in [0.4, 0.5) is 10.5 Å². The van der Waals surface area contributed by atoms with Crippen LogP contribution >= 0.6 is 0 Å². The van der Waals surface area contributed by atoms with Crippen molar-refractivity contribution in [2.45, 2.75) is 45.6 Å². The number of aromatic nitrogens is 2. The van der Waals surface area contributed by atoms with E-state index in [1.54, 1.807) is 11.0 Å². The van der Waals surface area contributed by atoms with Gasteiger partial charge < -0.3 is 19.4 Å². The number of piperidine rings is 1. The van der Waals surface area contributed by atoms with Gasteiger partial charge in [-0.05, 0) is 52.0 Å². The Kier molecular flexibility index (Phi) is 5.71. The number of nitrogens with zero attached hydrogens (tertiary/aromatic N) is 3. The Hall–Kier alpha value is -2.84. The van der Waals surface area contributed by atoms with E-state index in [1.807, 2.05) is 20.8 Å². The Bertz CT molecular complexity index is 850. The maximum Gasteiger partial charge on any atom is 0.410 e. The van der Waals surface area contributed by atoms with Crippen molar-refractivity contribution in [3.8, 4) is 6.01 Å². The third-order valence-corrected chi connectivity index (χ3v) is 4.69. The number of nitrogens with one attached hydrogen (secondary N) is 1. The summed E-state index contributed by atoms with van der Waals surface area (Å²) < 4.78 is 11.1. The number of nitro groups is 1. The Labute approximate surface area is 163 Å². The molecule has 1 aliphatic rings. The number of nitro benzene ring substituents is 1. The van der Waals surface area contributed by atoms with Crippen molar-refractivity contribution in [1.29, 1.82) is 0 Å². The lowest BCUT2D eigenvalue weighted by molar-refractivity contribution is -0.384. The van der Waals surface area contributed by atoms with E-state index >= 15 is 0 Å². The molecule has 0 spiro atoms. The molecule has 1 saturated heterocycles. The number of H-pyrrole nitrogens is 1. The Morgan fingerprint density at radius 3 is 2.71 bits per heavy atom. The smallest absolute Gasteiger partial charge is 0.410 e. The predicted octanol–water partition coefficient (Wildman–Crippen LogP) is 3.89. The van der Waals surface area contributed by atoms with Crippen LogP contribution in [0, 0.1) is 16.0 Å². The number of hydrogen-bond donors (Lipinski definition) is 1. The average Bonchev–Trinajstić information content (AvgIpc) is 3.02. The molecule has 3 rings (SSSR count). The molecule has 1 aromatic heterocycles. The number of fused-ring (bicyclic) bond motifs is 1. The van der Waals surface area contributed by atoms with Crippen LogP contribution in [0.5, 0.6) is 6.01 Å². The molecule has 0 radical (unpaired) electrons. The number of likely N-dealkylation sites (tertiary alicyclic amines) is 1. The van der Waals surface area contributed by atoms with Crippen molar-refractivity contribution >= 4 is 22.8 Å². The fourth-order valence-corrected chi connectivity index (χ4v) is 3.21. The summed E-state index contributed by atoms with van der Waals surface area (Å²) >= 11 is 0. The molecule has 0 bridgehead atoms. The summed E-state index contributed by atoms with van der Waals surface area (Å²) in [6.07, 6.45) is 2.43. The lowest BCUT2D eigenvalue weighted by Crippen LogP contribution is -2.41. The highest BCUT2D eigenvalue weighted by Crippen LogP contribution is 2.24. The monoisotopic (exact) mass is 390 g/mol. The molecule has 0 aliphatic carbocycles. The molecular weight excluding hydrogens is 364 g/mol. The molecule has 0 unspecified atom stereocenters. The zero-order chi connectivity index (χ0) is 20.3. The van der Waals surface area contributed by atoms with Crippen LogP contribution in [-0.2, 0) is 4.74 Å². The molecule has 1 fully saturated rings. The van der Waals surface area contributed by atoms with Gasteiger partial charge in [-0.25, -0.2) is 4.79 Å². The van der Waals surface area contributed by atoms with Crippen LogP contribution in [0.15, 0.2) is 18.2 Å². The van der Waals surface area contributed by atoms with Crippen LogP contribution in [0.1, 0.15) is 40.0 Å². The molecule has 152 valence electrons. The number of ether oxygens (including phenoxy) is 2. The summed E-state index contributed by atoms with van der Waals surface area (Å²) in [6.45, 7) is 7.47. The van der Waals surface area contributed by atoms with Gasteiger partial charge in [0.15, 0.2) is 0 Å². The maximum absolute atomic E-state index is 12.1. The van der Waals surface area contributed by atoms with Gasteiger partial charge in [-0.3, -0.25) is 10.1 Å². The van der Waals surface area contributed by atoms with E-state index in [0.29, 0.717) is 42.7 Å². The second-order valence-electron chi connectivity index (χ2n) is 8.05. The molecule has 1 aliphatic heterocycles. The van der Waals surface area contributed by atoms with Gasteiger partial charge in [-0.1, -0.05) is 0 Å². The number of carbonyl (C=O) groups is 1. The highest BCUT2D eigenvalue weighted by Gasteiger charge is 2.26. The zero-order valence-electron chi connectivity index (χ0n) is 16.4. The third kappa shape index (κ3) is 5.11. The maximum atomic E-state index is 12.1. The van der Waals surface area contributed by atoms with Crippen molar-refractivity contribution in [2.75, 3.05) is 19.7 Å². The zero-order valence-corrected chi connectivity index (χ0v) is 16.4. The van der Waals surface area contributed by atoms with Crippen molar-refractivity contribution in [1.82, 2.24) is 14.9 Å². The van der Waals surface area contributed by atoms with Crippen molar-refractivity contribution in [3.63, 3.8) is 0 Å². The number of imidazole rings is 1. The minimum Gasteiger partial charge on any atom is -0.465 e. The number of aromatic amines is 1. The first-order valence-corrected chi connectivity index (χ1v) is 9.46. The normalized spacial score (nSPS) is 15.6. The van der Waals surface area contributed by atoms with Gasteiger partial charge in [0.2, 0.25) is 0 Å². The Morgan fingerprint density at radius 1 is 1.36 bits per heavy atom. The molecule has 9 heteroatoms. The van der Waals surface area contributed by atoms with Crippen molar-refractivity contribution < 1.29 is 19.2 Å². The number of benzene rings is 1. The lowest BCUT2D eigenvalue weighted by atomic mass is 9.94. The molecule has 9 nitrogen and oxygen atoms in total. The van der Waals surface area contributed by atoms with E-state index in [-0.39, 0.29) is 11.8 Å². The first-order chi connectivity index (χ1) is 13.2. The molecule has 28 heavy (non-hydrogen) atoms. The number of non-ortho nitro benzene ring substituents is 1. The Balaban J connectivity index is 1.44. The van der Waals surface area contributed by atoms with Gasteiger partial charge in [0.1, 0.15) is 5.60 Å². The van der Waals surface area contributed by atoms with E-state index in [1.165, 1.54) is 12.1 Å². The van der Waals surface area contributed by atoms with Gasteiger partial charge in [0.25, 0.3) is 11.7 Å². The highest BCUT2D eigenvalue weighted by atomic mass is 16.6. The van der Waals surface area contributed by atoms with Crippen molar-refractivity contribution in [3.05, 3.63) is 28.3 Å². The van der Waals surface area contributed by atoms with Gasteiger partial charge in [0, 0.05) is 25.2 Å². The van der Waals surface area contributed by atoms with Gasteiger partial charge in [-0.2, -0.15) is 4.98 Å². The summed E-state index contributed by atoms with van der Waals surface area (Å²) in [5.74, 6) is 0.476. The standard InChI is InChI=1S/C19H26N4O5/c1-19(2,3)28-18(24)22-9-6-13(7-10-22)8-11-27-17-20-15-5-4-14(23(25)26)12-16(15)21-17/h4-5,12-13H,6-11H2,1-3H3,(H,20,21). The van der Waals surface area contributed by atoms with Gasteiger partial charge in [0.05, 0.1) is 22.6 Å². The lowest BCUT2D eigenvalue weighted by Gasteiger charge is -2.33. The SMILES string of the molecule is CC(C)(C)OC(=O)N1CCC(CCOc2nc3ccc([N+](=O)[O-])cc3[nH]2)CC1. The van der Waals surface area contributed by atoms with E-state index in [9.17, 15) is 14.9 Å². The molecule has 1 N–H and O–H groups in total. The highest BCUT2D eigenvalue weighted by molar-refractivity contribution is 5.78. The second kappa shape index (κ2) is 8.04. The third-order valence-electron chi connectivity index (χ3n) is 4.69. The quantitative estimate of drug-likeness (QED) is 0.612. The second-order valence-corrected chi connectivity index (χ2v) is 8.05. The van der Waals surface area contributed by atoms with E-state index < -0.39 is 10.5 Å². The van der Waals surface area contributed by atoms with E-state index in [0.717, 1.165) is 19.3 Å². The van der Waals surface area contributed by atoms with Crippen LogP contribution in [0.3, 0.4) is 0 Å². The minimum atomic E-state index is -0.477. The van der Waals surface area contributed by atoms with Crippen molar-refractivity contribution in [2.24, 2.45) is 5.92 Å². The molecule has 2 heterocycles. The summed E-state index contributed by atoms with van der Waals surface area (Å²) in [6, 6.07) is 4.83. The van der Waals surface area contributed by atoms with Gasteiger partial charge in [-0.15, -0.1) is 0 Å². The number of rotatable bonds is 5. The molecule has 1 amide bonds. The summed E-state index contributed by atoms with van der Waals surface area (Å²) in [7, 11) is 0.